The first-order chi connectivity index (χ1) is 11.7. The highest BCUT2D eigenvalue weighted by Gasteiger charge is 2.29. The number of benzene rings is 1. The van der Waals surface area contributed by atoms with Gasteiger partial charge in [0.15, 0.2) is 0 Å². The standard InChI is InChI=1S/C16H20FN3O3S2/c1-10(2)15(16(21)18-8-14-19-11(3)9-24-14)20-25(22,23)13-7-5-4-6-12(13)17/h4-7,9-10,15,20H,8H2,1-3H3,(H,18,21)/t15-/m0/s1. The molecule has 2 aromatic rings. The van der Waals surface area contributed by atoms with E-state index in [0.717, 1.165) is 22.8 Å². The molecule has 6 nitrogen and oxygen atoms in total. The molecule has 0 fully saturated rings. The van der Waals surface area contributed by atoms with Crippen molar-refractivity contribution in [2.45, 2.75) is 38.3 Å². The number of carbonyl (C=O) groups excluding carboxylic acids is 1. The fourth-order valence-corrected chi connectivity index (χ4v) is 4.28. The highest BCUT2D eigenvalue weighted by atomic mass is 32.2. The Morgan fingerprint density at radius 2 is 2.00 bits per heavy atom. The Labute approximate surface area is 150 Å². The third-order valence-corrected chi connectivity index (χ3v) is 5.88. The van der Waals surface area contributed by atoms with Crippen molar-refractivity contribution >= 4 is 27.3 Å². The molecule has 0 unspecified atom stereocenters. The van der Waals surface area contributed by atoms with Gasteiger partial charge in [0.1, 0.15) is 21.8 Å². The van der Waals surface area contributed by atoms with Gasteiger partial charge >= 0.3 is 0 Å². The molecule has 0 spiro atoms. The quantitative estimate of drug-likeness (QED) is 0.765. The average molecular weight is 385 g/mol. The van der Waals surface area contributed by atoms with Gasteiger partial charge in [0, 0.05) is 11.1 Å². The van der Waals surface area contributed by atoms with Crippen molar-refractivity contribution in [3.63, 3.8) is 0 Å². The van der Waals surface area contributed by atoms with Crippen LogP contribution in [0, 0.1) is 18.7 Å². The number of thiazole rings is 1. The minimum atomic E-state index is -4.16. The molecule has 25 heavy (non-hydrogen) atoms. The van der Waals surface area contributed by atoms with Gasteiger partial charge in [0.05, 0.1) is 6.54 Å². The molecule has 1 atom stereocenters. The maximum absolute atomic E-state index is 13.8. The Balaban J connectivity index is 2.12. The Bertz CT molecular complexity index is 850. The monoisotopic (exact) mass is 385 g/mol. The first kappa shape index (κ1) is 19.5. The molecule has 2 N–H and O–H groups in total. The molecule has 0 radical (unpaired) electrons. The molecule has 0 aliphatic heterocycles. The molecule has 1 aromatic carbocycles. The van der Waals surface area contributed by atoms with Crippen molar-refractivity contribution in [1.82, 2.24) is 15.0 Å². The first-order valence-corrected chi connectivity index (χ1v) is 10.0. The predicted molar refractivity (Wildman–Crippen MR) is 94.0 cm³/mol. The lowest BCUT2D eigenvalue weighted by Gasteiger charge is -2.21. The van der Waals surface area contributed by atoms with Crippen LogP contribution in [0.3, 0.4) is 0 Å². The molecule has 0 aliphatic carbocycles. The maximum Gasteiger partial charge on any atom is 0.244 e. The van der Waals surface area contributed by atoms with E-state index in [0.29, 0.717) is 0 Å². The minimum absolute atomic E-state index is 0.210. The van der Waals surface area contributed by atoms with Crippen molar-refractivity contribution in [3.05, 3.63) is 46.2 Å². The van der Waals surface area contributed by atoms with E-state index in [1.807, 2.05) is 12.3 Å². The molecule has 0 saturated heterocycles. The van der Waals surface area contributed by atoms with E-state index in [-0.39, 0.29) is 12.5 Å². The fourth-order valence-electron chi connectivity index (χ4n) is 2.14. The zero-order valence-electron chi connectivity index (χ0n) is 14.1. The Kier molecular flexibility index (Phi) is 6.26. The number of aromatic nitrogens is 1. The van der Waals surface area contributed by atoms with Crippen LogP contribution in [0.5, 0.6) is 0 Å². The van der Waals surface area contributed by atoms with Gasteiger partial charge in [0.2, 0.25) is 15.9 Å². The summed E-state index contributed by atoms with van der Waals surface area (Å²) < 4.78 is 40.9. The zero-order chi connectivity index (χ0) is 18.6. The summed E-state index contributed by atoms with van der Waals surface area (Å²) in [6.07, 6.45) is 0. The summed E-state index contributed by atoms with van der Waals surface area (Å²) in [5.41, 5.74) is 0.856. The van der Waals surface area contributed by atoms with Gasteiger partial charge in [-0.05, 0) is 25.0 Å². The number of hydrogen-bond acceptors (Lipinski definition) is 5. The second-order valence-electron chi connectivity index (χ2n) is 5.87. The molecule has 0 saturated carbocycles. The van der Waals surface area contributed by atoms with Crippen molar-refractivity contribution in [3.8, 4) is 0 Å². The SMILES string of the molecule is Cc1csc(CNC(=O)[C@@H](NS(=O)(=O)c2ccccc2F)C(C)C)n1. The van der Waals surface area contributed by atoms with E-state index in [9.17, 15) is 17.6 Å². The van der Waals surface area contributed by atoms with Crippen LogP contribution in [0.25, 0.3) is 0 Å². The van der Waals surface area contributed by atoms with Crippen LogP contribution in [0.15, 0.2) is 34.5 Å². The number of rotatable bonds is 7. The normalized spacial score (nSPS) is 13.0. The molecular weight excluding hydrogens is 365 g/mol. The Morgan fingerprint density at radius 1 is 1.32 bits per heavy atom. The van der Waals surface area contributed by atoms with Gasteiger partial charge in [0.25, 0.3) is 0 Å². The summed E-state index contributed by atoms with van der Waals surface area (Å²) in [6.45, 7) is 5.48. The molecular formula is C16H20FN3O3S2. The Morgan fingerprint density at radius 3 is 2.56 bits per heavy atom. The number of aryl methyl sites for hydroxylation is 1. The second-order valence-corrected chi connectivity index (χ2v) is 8.50. The van der Waals surface area contributed by atoms with Crippen LogP contribution < -0.4 is 10.0 Å². The molecule has 2 rings (SSSR count). The molecule has 0 bridgehead atoms. The number of halogens is 1. The van der Waals surface area contributed by atoms with E-state index in [1.54, 1.807) is 13.8 Å². The highest BCUT2D eigenvalue weighted by Crippen LogP contribution is 2.16. The highest BCUT2D eigenvalue weighted by molar-refractivity contribution is 7.89. The lowest BCUT2D eigenvalue weighted by Crippen LogP contribution is -2.49. The van der Waals surface area contributed by atoms with E-state index in [1.165, 1.54) is 23.5 Å². The van der Waals surface area contributed by atoms with Gasteiger partial charge < -0.3 is 5.32 Å². The summed E-state index contributed by atoms with van der Waals surface area (Å²) in [5.74, 6) is -1.67. The largest absolute Gasteiger partial charge is 0.348 e. The van der Waals surface area contributed by atoms with Crippen LogP contribution in [-0.2, 0) is 21.4 Å². The summed E-state index contributed by atoms with van der Waals surface area (Å²) in [4.78, 5) is 16.2. The zero-order valence-corrected chi connectivity index (χ0v) is 15.7. The minimum Gasteiger partial charge on any atom is -0.348 e. The molecule has 9 heteroatoms. The number of nitrogens with zero attached hydrogens (tertiary/aromatic N) is 1. The number of hydrogen-bond donors (Lipinski definition) is 2. The van der Waals surface area contributed by atoms with Crippen LogP contribution in [0.2, 0.25) is 0 Å². The third kappa shape index (κ3) is 5.07. The van der Waals surface area contributed by atoms with Crippen LogP contribution in [-0.4, -0.2) is 25.4 Å². The molecule has 0 aliphatic rings. The van der Waals surface area contributed by atoms with Gasteiger partial charge in [-0.1, -0.05) is 26.0 Å². The molecule has 1 amide bonds. The molecule has 136 valence electrons. The topological polar surface area (TPSA) is 88.2 Å². The van der Waals surface area contributed by atoms with Gasteiger partial charge in [-0.15, -0.1) is 11.3 Å². The number of nitrogens with one attached hydrogen (secondary N) is 2. The van der Waals surface area contributed by atoms with Gasteiger partial charge in [-0.3, -0.25) is 4.79 Å². The van der Waals surface area contributed by atoms with E-state index in [2.05, 4.69) is 15.0 Å². The van der Waals surface area contributed by atoms with Crippen LogP contribution in [0.1, 0.15) is 24.5 Å². The fraction of sp³-hybridized carbons (Fsp3) is 0.375. The smallest absolute Gasteiger partial charge is 0.244 e. The first-order valence-electron chi connectivity index (χ1n) is 7.66. The number of sulfonamides is 1. The molecule has 1 aromatic heterocycles. The summed E-state index contributed by atoms with van der Waals surface area (Å²) >= 11 is 1.41. The number of amides is 1. The lowest BCUT2D eigenvalue weighted by atomic mass is 10.1. The van der Waals surface area contributed by atoms with Crippen molar-refractivity contribution in [1.29, 1.82) is 0 Å². The van der Waals surface area contributed by atoms with Gasteiger partial charge in [-0.2, -0.15) is 4.72 Å². The summed E-state index contributed by atoms with van der Waals surface area (Å²) in [5, 5.41) is 5.26. The summed E-state index contributed by atoms with van der Waals surface area (Å²) in [7, 11) is -4.16. The third-order valence-electron chi connectivity index (χ3n) is 3.44. The predicted octanol–water partition coefficient (Wildman–Crippen LogP) is 2.21. The number of carbonyl (C=O) groups is 1. The van der Waals surface area contributed by atoms with Crippen molar-refractivity contribution in [2.75, 3.05) is 0 Å². The lowest BCUT2D eigenvalue weighted by molar-refractivity contribution is -0.123. The maximum atomic E-state index is 13.8. The Hall–Kier alpha value is -1.84. The second kappa shape index (κ2) is 8.03. The van der Waals surface area contributed by atoms with Crippen LogP contribution in [0.4, 0.5) is 4.39 Å². The van der Waals surface area contributed by atoms with Gasteiger partial charge in [-0.25, -0.2) is 17.8 Å². The summed E-state index contributed by atoms with van der Waals surface area (Å²) in [6, 6.07) is 4.02. The van der Waals surface area contributed by atoms with E-state index in [4.69, 9.17) is 0 Å². The van der Waals surface area contributed by atoms with E-state index >= 15 is 0 Å². The molecule has 1 heterocycles. The van der Waals surface area contributed by atoms with E-state index < -0.39 is 32.7 Å². The van der Waals surface area contributed by atoms with Crippen molar-refractivity contribution in [2.24, 2.45) is 5.92 Å². The van der Waals surface area contributed by atoms with Crippen LogP contribution >= 0.6 is 11.3 Å². The average Bonchev–Trinajstić information content (AvgIpc) is 2.96. The van der Waals surface area contributed by atoms with Crippen molar-refractivity contribution < 1.29 is 17.6 Å².